The van der Waals surface area contributed by atoms with Gasteiger partial charge in [-0.1, -0.05) is 12.1 Å². The molecule has 0 bridgehead atoms. The minimum absolute atomic E-state index is 0.113. The number of rotatable bonds is 5. The number of hydrogen-bond donors (Lipinski definition) is 0. The Morgan fingerprint density at radius 1 is 1.37 bits per heavy atom. The Bertz CT molecular complexity index is 572. The van der Waals surface area contributed by atoms with Crippen molar-refractivity contribution in [2.75, 3.05) is 7.05 Å². The molecule has 0 atom stereocenters. The van der Waals surface area contributed by atoms with Crippen LogP contribution in [0.25, 0.3) is 0 Å². The molecule has 0 aliphatic rings. The number of hydrogen-bond acceptors (Lipinski definition) is 4. The van der Waals surface area contributed by atoms with Gasteiger partial charge in [-0.2, -0.15) is 0 Å². The molecule has 0 aliphatic heterocycles. The maximum atomic E-state index is 10.9. The summed E-state index contributed by atoms with van der Waals surface area (Å²) < 4.78 is 0.516. The second-order valence-corrected chi connectivity index (χ2v) is 6.18. The van der Waals surface area contributed by atoms with E-state index >= 15 is 0 Å². The lowest BCUT2D eigenvalue weighted by Crippen LogP contribution is -2.16. The van der Waals surface area contributed by atoms with Gasteiger partial charge >= 0.3 is 0 Å². The van der Waals surface area contributed by atoms with Gasteiger partial charge in [0.25, 0.3) is 5.69 Å². The van der Waals surface area contributed by atoms with Crippen molar-refractivity contribution in [2.45, 2.75) is 13.1 Å². The standard InChI is InChI=1S/C13H13BrN2O2S/c1-15(9-11-3-2-6-19-11)8-10-4-5-12(14)13(7-10)16(17)18/h2-7H,8-9H2,1H3. The summed E-state index contributed by atoms with van der Waals surface area (Å²) >= 11 is 4.91. The van der Waals surface area contributed by atoms with E-state index in [0.717, 1.165) is 12.1 Å². The van der Waals surface area contributed by atoms with E-state index in [9.17, 15) is 10.1 Å². The molecule has 4 nitrogen and oxygen atoms in total. The molecule has 0 radical (unpaired) electrons. The van der Waals surface area contributed by atoms with Crippen molar-refractivity contribution in [3.8, 4) is 0 Å². The van der Waals surface area contributed by atoms with Crippen LogP contribution in [0, 0.1) is 10.1 Å². The molecule has 0 aliphatic carbocycles. The fourth-order valence-electron chi connectivity index (χ4n) is 1.83. The molecule has 0 unspecified atom stereocenters. The second-order valence-electron chi connectivity index (χ2n) is 4.29. The molecule has 2 aromatic rings. The van der Waals surface area contributed by atoms with Crippen molar-refractivity contribution in [3.63, 3.8) is 0 Å². The number of halogens is 1. The molecule has 19 heavy (non-hydrogen) atoms. The van der Waals surface area contributed by atoms with Crippen LogP contribution in [-0.2, 0) is 13.1 Å². The lowest BCUT2D eigenvalue weighted by molar-refractivity contribution is -0.385. The zero-order valence-electron chi connectivity index (χ0n) is 10.4. The number of nitro groups is 1. The summed E-state index contributed by atoms with van der Waals surface area (Å²) in [6, 6.07) is 9.37. The van der Waals surface area contributed by atoms with E-state index < -0.39 is 0 Å². The summed E-state index contributed by atoms with van der Waals surface area (Å²) in [4.78, 5) is 13.9. The Morgan fingerprint density at radius 3 is 2.79 bits per heavy atom. The van der Waals surface area contributed by atoms with Crippen molar-refractivity contribution in [1.82, 2.24) is 4.90 Å². The highest BCUT2D eigenvalue weighted by molar-refractivity contribution is 9.10. The first-order valence-corrected chi connectivity index (χ1v) is 7.37. The SMILES string of the molecule is CN(Cc1ccc(Br)c([N+](=O)[O-])c1)Cc1cccs1. The highest BCUT2D eigenvalue weighted by Gasteiger charge is 2.13. The molecule has 0 fully saturated rings. The molecular weight excluding hydrogens is 328 g/mol. The first-order chi connectivity index (χ1) is 9.06. The van der Waals surface area contributed by atoms with E-state index in [0.29, 0.717) is 11.0 Å². The number of nitrogens with zero attached hydrogens (tertiary/aromatic N) is 2. The average Bonchev–Trinajstić information content (AvgIpc) is 2.84. The molecule has 0 amide bonds. The van der Waals surface area contributed by atoms with Gasteiger partial charge in [0.15, 0.2) is 0 Å². The summed E-state index contributed by atoms with van der Waals surface area (Å²) in [6.45, 7) is 1.54. The third-order valence-electron chi connectivity index (χ3n) is 2.67. The van der Waals surface area contributed by atoms with Gasteiger partial charge in [0, 0.05) is 24.0 Å². The molecule has 6 heteroatoms. The summed E-state index contributed by atoms with van der Waals surface area (Å²) in [5, 5.41) is 12.9. The van der Waals surface area contributed by atoms with Gasteiger partial charge in [0.1, 0.15) is 0 Å². The molecule has 0 saturated heterocycles. The van der Waals surface area contributed by atoms with Crippen molar-refractivity contribution in [1.29, 1.82) is 0 Å². The minimum atomic E-state index is -0.368. The molecule has 2 rings (SSSR count). The Balaban J connectivity index is 2.06. The van der Waals surface area contributed by atoms with Crippen LogP contribution in [0.5, 0.6) is 0 Å². The summed E-state index contributed by atoms with van der Waals surface area (Å²) in [5.41, 5.74) is 1.05. The number of thiophene rings is 1. The van der Waals surface area contributed by atoms with Crippen LogP contribution in [0.4, 0.5) is 5.69 Å². The molecule has 0 saturated carbocycles. The van der Waals surface area contributed by atoms with E-state index in [1.165, 1.54) is 4.88 Å². The van der Waals surface area contributed by atoms with Crippen molar-refractivity contribution < 1.29 is 4.92 Å². The van der Waals surface area contributed by atoms with Gasteiger partial charge in [0.05, 0.1) is 9.40 Å². The third kappa shape index (κ3) is 3.86. The van der Waals surface area contributed by atoms with Gasteiger partial charge in [0.2, 0.25) is 0 Å². The van der Waals surface area contributed by atoms with E-state index in [-0.39, 0.29) is 10.6 Å². The second kappa shape index (κ2) is 6.27. The largest absolute Gasteiger partial charge is 0.297 e. The van der Waals surface area contributed by atoms with E-state index in [4.69, 9.17) is 0 Å². The first kappa shape index (κ1) is 14.2. The molecule has 100 valence electrons. The topological polar surface area (TPSA) is 46.4 Å². The van der Waals surface area contributed by atoms with E-state index in [1.807, 2.05) is 24.6 Å². The fourth-order valence-corrected chi connectivity index (χ4v) is 3.01. The molecule has 0 N–H and O–H groups in total. The van der Waals surface area contributed by atoms with Crippen LogP contribution < -0.4 is 0 Å². The quantitative estimate of drug-likeness (QED) is 0.609. The maximum absolute atomic E-state index is 10.9. The van der Waals surface area contributed by atoms with Crippen LogP contribution in [0.15, 0.2) is 40.2 Å². The fraction of sp³-hybridized carbons (Fsp3) is 0.231. The number of benzene rings is 1. The van der Waals surface area contributed by atoms with Crippen LogP contribution >= 0.6 is 27.3 Å². The predicted octanol–water partition coefficient (Wildman–Crippen LogP) is 4.05. The van der Waals surface area contributed by atoms with E-state index in [2.05, 4.69) is 26.9 Å². The summed E-state index contributed by atoms with van der Waals surface area (Å²) in [5.74, 6) is 0. The molecule has 0 spiro atoms. The average molecular weight is 341 g/mol. The van der Waals surface area contributed by atoms with Crippen LogP contribution in [-0.4, -0.2) is 16.9 Å². The van der Waals surface area contributed by atoms with Gasteiger partial charge < -0.3 is 0 Å². The van der Waals surface area contributed by atoms with Crippen molar-refractivity contribution >= 4 is 33.0 Å². The van der Waals surface area contributed by atoms with Gasteiger partial charge in [-0.05, 0) is 46.1 Å². The predicted molar refractivity (Wildman–Crippen MR) is 80.3 cm³/mol. The Labute approximate surface area is 124 Å². The van der Waals surface area contributed by atoms with Crippen LogP contribution in [0.3, 0.4) is 0 Å². The third-order valence-corrected chi connectivity index (χ3v) is 4.20. The smallest absolute Gasteiger partial charge is 0.283 e. The van der Waals surface area contributed by atoms with Crippen LogP contribution in [0.2, 0.25) is 0 Å². The van der Waals surface area contributed by atoms with E-state index in [1.54, 1.807) is 23.5 Å². The highest BCUT2D eigenvalue weighted by Crippen LogP contribution is 2.26. The van der Waals surface area contributed by atoms with Gasteiger partial charge in [-0.25, -0.2) is 0 Å². The maximum Gasteiger partial charge on any atom is 0.283 e. The highest BCUT2D eigenvalue weighted by atomic mass is 79.9. The van der Waals surface area contributed by atoms with Crippen molar-refractivity contribution in [2.24, 2.45) is 0 Å². The minimum Gasteiger partial charge on any atom is -0.297 e. The molecule has 1 heterocycles. The Kier molecular flexibility index (Phi) is 4.68. The zero-order valence-corrected chi connectivity index (χ0v) is 12.8. The lowest BCUT2D eigenvalue weighted by atomic mass is 10.2. The monoisotopic (exact) mass is 340 g/mol. The lowest BCUT2D eigenvalue weighted by Gasteiger charge is -2.15. The summed E-state index contributed by atoms with van der Waals surface area (Å²) in [6.07, 6.45) is 0. The van der Waals surface area contributed by atoms with Crippen molar-refractivity contribution in [3.05, 3.63) is 60.7 Å². The summed E-state index contributed by atoms with van der Waals surface area (Å²) in [7, 11) is 2.01. The first-order valence-electron chi connectivity index (χ1n) is 5.70. The normalized spacial score (nSPS) is 10.9. The molecule has 1 aromatic heterocycles. The molecule has 1 aromatic carbocycles. The Morgan fingerprint density at radius 2 is 2.16 bits per heavy atom. The van der Waals surface area contributed by atoms with Gasteiger partial charge in [-0.15, -0.1) is 11.3 Å². The molecular formula is C13H13BrN2O2S. The van der Waals surface area contributed by atoms with Crippen LogP contribution in [0.1, 0.15) is 10.4 Å². The number of nitro benzene ring substituents is 1. The zero-order chi connectivity index (χ0) is 13.8. The van der Waals surface area contributed by atoms with Gasteiger partial charge in [-0.3, -0.25) is 15.0 Å². The Hall–Kier alpha value is -1.24.